The maximum Gasteiger partial charge on any atom is 0.157 e. The summed E-state index contributed by atoms with van der Waals surface area (Å²) in [4.78, 5) is 8.30. The molecule has 0 fully saturated rings. The van der Waals surface area contributed by atoms with E-state index in [9.17, 15) is 10.2 Å². The van der Waals surface area contributed by atoms with E-state index in [0.717, 1.165) is 13.3 Å². The number of hydrogen-bond donors (Lipinski definition) is 2. The van der Waals surface area contributed by atoms with E-state index in [4.69, 9.17) is 0 Å². The van der Waals surface area contributed by atoms with Crippen molar-refractivity contribution in [3.8, 4) is 0 Å². The Morgan fingerprint density at radius 1 is 0.889 bits per heavy atom. The molecule has 0 saturated heterocycles. The van der Waals surface area contributed by atoms with E-state index in [-0.39, 0.29) is 5.92 Å². The fourth-order valence-electron chi connectivity index (χ4n) is 2.26. The number of aliphatic hydroxyl groups is 2. The van der Waals surface area contributed by atoms with E-state index < -0.39 is 6.29 Å². The van der Waals surface area contributed by atoms with Crippen molar-refractivity contribution in [1.82, 2.24) is 19.6 Å². The molecule has 18 heavy (non-hydrogen) atoms. The van der Waals surface area contributed by atoms with Gasteiger partial charge in [0.25, 0.3) is 0 Å². The van der Waals surface area contributed by atoms with Crippen LogP contribution in [0, 0.1) is 5.92 Å². The summed E-state index contributed by atoms with van der Waals surface area (Å²) in [5.41, 5.74) is 0. The summed E-state index contributed by atoms with van der Waals surface area (Å²) in [6.07, 6.45) is 6.67. The molecule has 2 aliphatic rings. The van der Waals surface area contributed by atoms with Crippen LogP contribution in [0.4, 0.5) is 0 Å². The van der Waals surface area contributed by atoms with Gasteiger partial charge in [-0.15, -0.1) is 0 Å². The molecule has 2 rings (SSSR count). The Kier molecular flexibility index (Phi) is 3.98. The van der Waals surface area contributed by atoms with E-state index in [2.05, 4.69) is 19.6 Å². The Balaban J connectivity index is 1.84. The van der Waals surface area contributed by atoms with E-state index in [1.165, 1.54) is 0 Å². The summed E-state index contributed by atoms with van der Waals surface area (Å²) in [7, 11) is 4.00. The van der Waals surface area contributed by atoms with E-state index in [1.54, 1.807) is 0 Å². The van der Waals surface area contributed by atoms with Gasteiger partial charge < -0.3 is 29.8 Å². The lowest BCUT2D eigenvalue weighted by molar-refractivity contribution is -0.0942. The standard InChI is InChI=1S/C12H22N4O2/c1-13-3-5-15(9-13)7-11(12(17)18)8-16-6-4-14(2)10-16/h3-6,11-12,17-18H,7-10H2,1-2H3. The zero-order chi connectivity index (χ0) is 13.1. The molecule has 0 saturated carbocycles. The average molecular weight is 254 g/mol. The van der Waals surface area contributed by atoms with Crippen LogP contribution in [0.3, 0.4) is 0 Å². The highest BCUT2D eigenvalue weighted by Crippen LogP contribution is 2.14. The van der Waals surface area contributed by atoms with Gasteiger partial charge in [0, 0.05) is 57.9 Å². The van der Waals surface area contributed by atoms with Crippen LogP contribution in [0.25, 0.3) is 0 Å². The third-order valence-electron chi connectivity index (χ3n) is 3.23. The van der Waals surface area contributed by atoms with Crippen molar-refractivity contribution in [2.45, 2.75) is 6.29 Å². The number of rotatable bonds is 5. The first-order valence-electron chi connectivity index (χ1n) is 6.16. The first kappa shape index (κ1) is 13.0. The first-order valence-corrected chi connectivity index (χ1v) is 6.16. The van der Waals surface area contributed by atoms with Crippen molar-refractivity contribution >= 4 is 0 Å². The van der Waals surface area contributed by atoms with Crippen LogP contribution >= 0.6 is 0 Å². The second kappa shape index (κ2) is 5.49. The lowest BCUT2D eigenvalue weighted by Crippen LogP contribution is -2.40. The van der Waals surface area contributed by atoms with Crippen LogP contribution < -0.4 is 0 Å². The minimum atomic E-state index is -1.29. The Morgan fingerprint density at radius 2 is 1.33 bits per heavy atom. The molecule has 102 valence electrons. The summed E-state index contributed by atoms with van der Waals surface area (Å²) in [5, 5.41) is 19.0. The maximum atomic E-state index is 9.49. The average Bonchev–Trinajstić information content (AvgIpc) is 2.87. The van der Waals surface area contributed by atoms with Gasteiger partial charge in [-0.05, 0) is 0 Å². The molecule has 2 aliphatic heterocycles. The lowest BCUT2D eigenvalue weighted by atomic mass is 10.1. The van der Waals surface area contributed by atoms with Crippen molar-refractivity contribution in [1.29, 1.82) is 0 Å². The molecule has 0 spiro atoms. The van der Waals surface area contributed by atoms with Crippen LogP contribution in [0.2, 0.25) is 0 Å². The molecule has 0 unspecified atom stereocenters. The van der Waals surface area contributed by atoms with Gasteiger partial charge in [0.15, 0.2) is 6.29 Å². The largest absolute Gasteiger partial charge is 0.368 e. The Morgan fingerprint density at radius 3 is 1.61 bits per heavy atom. The summed E-state index contributed by atoms with van der Waals surface area (Å²) >= 11 is 0. The summed E-state index contributed by atoms with van der Waals surface area (Å²) in [5.74, 6) is -0.183. The Labute approximate surface area is 108 Å². The number of hydrogen-bond acceptors (Lipinski definition) is 6. The summed E-state index contributed by atoms with van der Waals surface area (Å²) in [6.45, 7) is 2.90. The van der Waals surface area contributed by atoms with Crippen molar-refractivity contribution in [2.75, 3.05) is 40.5 Å². The normalized spacial score (nSPS) is 19.2. The van der Waals surface area contributed by atoms with Crippen LogP contribution in [0.1, 0.15) is 0 Å². The van der Waals surface area contributed by atoms with Gasteiger partial charge in [0.2, 0.25) is 0 Å². The summed E-state index contributed by atoms with van der Waals surface area (Å²) in [6, 6.07) is 0. The third kappa shape index (κ3) is 3.30. The minimum Gasteiger partial charge on any atom is -0.368 e. The molecular formula is C12H22N4O2. The van der Waals surface area contributed by atoms with Gasteiger partial charge in [-0.2, -0.15) is 0 Å². The van der Waals surface area contributed by atoms with E-state index in [0.29, 0.717) is 13.1 Å². The number of nitrogens with zero attached hydrogens (tertiary/aromatic N) is 4. The second-order valence-electron chi connectivity index (χ2n) is 5.11. The molecule has 0 aromatic heterocycles. The predicted octanol–water partition coefficient (Wildman–Crippen LogP) is -0.734. The fraction of sp³-hybridized carbons (Fsp3) is 0.667. The molecular weight excluding hydrogens is 232 g/mol. The Bertz CT molecular complexity index is 304. The van der Waals surface area contributed by atoms with E-state index >= 15 is 0 Å². The molecule has 0 radical (unpaired) electrons. The smallest absolute Gasteiger partial charge is 0.157 e. The molecule has 0 aromatic rings. The topological polar surface area (TPSA) is 53.4 Å². The zero-order valence-electron chi connectivity index (χ0n) is 11.0. The molecule has 0 aliphatic carbocycles. The quantitative estimate of drug-likeness (QED) is 0.631. The van der Waals surface area contributed by atoms with Gasteiger partial charge in [0.1, 0.15) is 0 Å². The SMILES string of the molecule is CN1C=CN(CC(CN2C=CN(C)C2)C(O)O)C1. The maximum absolute atomic E-state index is 9.49. The zero-order valence-corrected chi connectivity index (χ0v) is 11.0. The van der Waals surface area contributed by atoms with E-state index in [1.807, 2.05) is 38.9 Å². The van der Waals surface area contributed by atoms with Gasteiger partial charge in [-0.3, -0.25) is 0 Å². The highest BCUT2D eigenvalue weighted by atomic mass is 16.5. The predicted molar refractivity (Wildman–Crippen MR) is 68.7 cm³/mol. The Hall–Kier alpha value is -1.40. The van der Waals surface area contributed by atoms with Crippen LogP contribution in [0.5, 0.6) is 0 Å². The molecule has 0 aromatic carbocycles. The van der Waals surface area contributed by atoms with Crippen molar-refractivity contribution in [3.63, 3.8) is 0 Å². The van der Waals surface area contributed by atoms with Crippen LogP contribution in [-0.4, -0.2) is 76.6 Å². The molecule has 0 bridgehead atoms. The van der Waals surface area contributed by atoms with Crippen molar-refractivity contribution in [3.05, 3.63) is 24.8 Å². The molecule has 6 nitrogen and oxygen atoms in total. The highest BCUT2D eigenvalue weighted by Gasteiger charge is 2.24. The van der Waals surface area contributed by atoms with Gasteiger partial charge >= 0.3 is 0 Å². The molecule has 2 N–H and O–H groups in total. The molecule has 0 amide bonds. The molecule has 2 heterocycles. The van der Waals surface area contributed by atoms with Gasteiger partial charge in [-0.25, -0.2) is 0 Å². The van der Waals surface area contributed by atoms with Crippen molar-refractivity contribution < 1.29 is 10.2 Å². The van der Waals surface area contributed by atoms with Crippen LogP contribution in [-0.2, 0) is 0 Å². The minimum absolute atomic E-state index is 0.183. The van der Waals surface area contributed by atoms with Crippen LogP contribution in [0.15, 0.2) is 24.8 Å². The second-order valence-corrected chi connectivity index (χ2v) is 5.11. The molecule has 6 heteroatoms. The monoisotopic (exact) mass is 254 g/mol. The third-order valence-corrected chi connectivity index (χ3v) is 3.23. The number of aliphatic hydroxyl groups excluding tert-OH is 1. The van der Waals surface area contributed by atoms with Crippen molar-refractivity contribution in [2.24, 2.45) is 5.92 Å². The van der Waals surface area contributed by atoms with Gasteiger partial charge in [-0.1, -0.05) is 0 Å². The lowest BCUT2D eigenvalue weighted by Gasteiger charge is -2.29. The summed E-state index contributed by atoms with van der Waals surface area (Å²) < 4.78 is 0. The first-order chi connectivity index (χ1) is 8.54. The highest BCUT2D eigenvalue weighted by molar-refractivity contribution is 4.93. The fourth-order valence-corrected chi connectivity index (χ4v) is 2.26. The molecule has 0 atom stereocenters. The van der Waals surface area contributed by atoms with Gasteiger partial charge in [0.05, 0.1) is 13.3 Å².